The number of benzene rings is 2. The Labute approximate surface area is 165 Å². The fourth-order valence-corrected chi connectivity index (χ4v) is 3.36. The molecule has 0 aromatic heterocycles. The van der Waals surface area contributed by atoms with Gasteiger partial charge >= 0.3 is 0 Å². The molecule has 2 aromatic rings. The number of guanidine groups is 1. The molecule has 0 atom stereocenters. The van der Waals surface area contributed by atoms with Crippen molar-refractivity contribution in [3.8, 4) is 0 Å². The van der Waals surface area contributed by atoms with Crippen LogP contribution in [0.15, 0.2) is 53.5 Å². The van der Waals surface area contributed by atoms with E-state index in [9.17, 15) is 4.79 Å². The van der Waals surface area contributed by atoms with Crippen LogP contribution in [-0.2, 0) is 6.54 Å². The molecule has 7 nitrogen and oxygen atoms in total. The molecule has 2 aliphatic rings. The quantitative estimate of drug-likeness (QED) is 0.632. The number of carbonyl (C=O) groups is 1. The molecule has 146 valence electrons. The first kappa shape index (κ1) is 18.3. The summed E-state index contributed by atoms with van der Waals surface area (Å²) < 4.78 is 0. The molecule has 4 N–H and O–H groups in total. The lowest BCUT2D eigenvalue weighted by Crippen LogP contribution is -2.43. The van der Waals surface area contributed by atoms with Gasteiger partial charge in [-0.25, -0.2) is 0 Å². The Kier molecular flexibility index (Phi) is 5.72. The SMILES string of the molecule is O=C(NCc1ccc(NC2=NCCN2)cc1)c1ccc(N2CCNCC2)cc1. The largest absolute Gasteiger partial charge is 0.369 e. The lowest BCUT2D eigenvalue weighted by Gasteiger charge is -2.29. The second kappa shape index (κ2) is 8.75. The van der Waals surface area contributed by atoms with Gasteiger partial charge in [-0.15, -0.1) is 0 Å². The van der Waals surface area contributed by atoms with Crippen molar-refractivity contribution in [3.05, 3.63) is 59.7 Å². The molecule has 4 rings (SSSR count). The highest BCUT2D eigenvalue weighted by Crippen LogP contribution is 2.16. The zero-order valence-corrected chi connectivity index (χ0v) is 15.9. The molecule has 7 heteroatoms. The predicted octanol–water partition coefficient (Wildman–Crippen LogP) is 1.40. The van der Waals surface area contributed by atoms with E-state index in [4.69, 9.17) is 0 Å². The number of aliphatic imine (C=N–C) groups is 1. The summed E-state index contributed by atoms with van der Waals surface area (Å²) in [6.07, 6.45) is 0. The van der Waals surface area contributed by atoms with Crippen molar-refractivity contribution in [1.82, 2.24) is 16.0 Å². The molecule has 2 heterocycles. The molecule has 0 saturated carbocycles. The van der Waals surface area contributed by atoms with Gasteiger partial charge in [-0.05, 0) is 42.0 Å². The first-order chi connectivity index (χ1) is 13.8. The minimum Gasteiger partial charge on any atom is -0.369 e. The average molecular weight is 378 g/mol. The summed E-state index contributed by atoms with van der Waals surface area (Å²) >= 11 is 0. The van der Waals surface area contributed by atoms with Crippen LogP contribution in [0.3, 0.4) is 0 Å². The highest BCUT2D eigenvalue weighted by Gasteiger charge is 2.11. The van der Waals surface area contributed by atoms with E-state index in [0.29, 0.717) is 12.1 Å². The van der Waals surface area contributed by atoms with Crippen LogP contribution in [-0.4, -0.2) is 51.1 Å². The van der Waals surface area contributed by atoms with Crippen molar-refractivity contribution in [1.29, 1.82) is 0 Å². The molecule has 0 bridgehead atoms. The maximum Gasteiger partial charge on any atom is 0.251 e. The number of anilines is 2. The van der Waals surface area contributed by atoms with Gasteiger partial charge < -0.3 is 26.2 Å². The zero-order valence-electron chi connectivity index (χ0n) is 15.9. The molecule has 0 unspecified atom stereocenters. The number of nitrogens with one attached hydrogen (secondary N) is 4. The fraction of sp³-hybridized carbons (Fsp3) is 0.333. The third-order valence-corrected chi connectivity index (χ3v) is 4.96. The van der Waals surface area contributed by atoms with Crippen molar-refractivity contribution in [3.63, 3.8) is 0 Å². The molecular formula is C21H26N6O. The third kappa shape index (κ3) is 4.61. The Balaban J connectivity index is 1.28. The van der Waals surface area contributed by atoms with Crippen molar-refractivity contribution in [2.45, 2.75) is 6.54 Å². The van der Waals surface area contributed by atoms with Crippen molar-refractivity contribution >= 4 is 23.2 Å². The summed E-state index contributed by atoms with van der Waals surface area (Å²) in [5, 5.41) is 12.7. The monoisotopic (exact) mass is 378 g/mol. The number of amides is 1. The van der Waals surface area contributed by atoms with Crippen molar-refractivity contribution in [2.24, 2.45) is 4.99 Å². The van der Waals surface area contributed by atoms with E-state index in [1.165, 1.54) is 5.69 Å². The first-order valence-electron chi connectivity index (χ1n) is 9.76. The van der Waals surface area contributed by atoms with Gasteiger partial charge in [-0.3, -0.25) is 9.79 Å². The van der Waals surface area contributed by atoms with Gasteiger partial charge in [0.15, 0.2) is 5.96 Å². The Hall–Kier alpha value is -3.06. The van der Waals surface area contributed by atoms with E-state index < -0.39 is 0 Å². The summed E-state index contributed by atoms with van der Waals surface area (Å²) in [6, 6.07) is 15.8. The van der Waals surface area contributed by atoms with Crippen molar-refractivity contribution < 1.29 is 4.79 Å². The summed E-state index contributed by atoms with van der Waals surface area (Å²) in [5.74, 6) is 0.754. The number of carbonyl (C=O) groups excluding carboxylic acids is 1. The van der Waals surface area contributed by atoms with Crippen molar-refractivity contribution in [2.75, 3.05) is 49.5 Å². The minimum absolute atomic E-state index is 0.0569. The number of piperazine rings is 1. The van der Waals surface area contributed by atoms with E-state index in [1.807, 2.05) is 48.5 Å². The number of hydrogen-bond donors (Lipinski definition) is 4. The Morgan fingerprint density at radius 1 is 1.00 bits per heavy atom. The Morgan fingerprint density at radius 3 is 2.43 bits per heavy atom. The van der Waals surface area contributed by atoms with Crippen LogP contribution in [0.25, 0.3) is 0 Å². The van der Waals surface area contributed by atoms with Crippen LogP contribution in [0.5, 0.6) is 0 Å². The van der Waals surface area contributed by atoms with Crippen LogP contribution in [0, 0.1) is 0 Å². The van der Waals surface area contributed by atoms with Gasteiger partial charge in [0.05, 0.1) is 6.54 Å². The van der Waals surface area contributed by atoms with E-state index in [-0.39, 0.29) is 5.91 Å². The number of hydrogen-bond acceptors (Lipinski definition) is 6. The van der Waals surface area contributed by atoms with E-state index in [1.54, 1.807) is 0 Å². The molecule has 1 amide bonds. The Morgan fingerprint density at radius 2 is 1.75 bits per heavy atom. The first-order valence-corrected chi connectivity index (χ1v) is 9.76. The van der Waals surface area contributed by atoms with Crippen LogP contribution >= 0.6 is 0 Å². The van der Waals surface area contributed by atoms with Crippen LogP contribution in [0.1, 0.15) is 15.9 Å². The normalized spacial score (nSPS) is 16.3. The summed E-state index contributed by atoms with van der Waals surface area (Å²) in [6.45, 7) is 6.19. The molecule has 2 aromatic carbocycles. The summed E-state index contributed by atoms with van der Waals surface area (Å²) in [7, 11) is 0. The van der Waals surface area contributed by atoms with Gasteiger partial charge in [-0.2, -0.15) is 0 Å². The van der Waals surface area contributed by atoms with Gasteiger partial charge in [0.2, 0.25) is 0 Å². The number of nitrogens with zero attached hydrogens (tertiary/aromatic N) is 2. The summed E-state index contributed by atoms with van der Waals surface area (Å²) in [5.41, 5.74) is 3.88. The molecule has 2 aliphatic heterocycles. The maximum absolute atomic E-state index is 12.4. The summed E-state index contributed by atoms with van der Waals surface area (Å²) in [4.78, 5) is 19.1. The topological polar surface area (TPSA) is 80.8 Å². The Bertz CT molecular complexity index is 825. The average Bonchev–Trinajstić information content (AvgIpc) is 3.27. The number of rotatable bonds is 5. The van der Waals surface area contributed by atoms with Gasteiger partial charge in [-0.1, -0.05) is 12.1 Å². The van der Waals surface area contributed by atoms with Gasteiger partial charge in [0, 0.05) is 56.2 Å². The minimum atomic E-state index is -0.0569. The lowest BCUT2D eigenvalue weighted by atomic mass is 10.1. The van der Waals surface area contributed by atoms with E-state index >= 15 is 0 Å². The predicted molar refractivity (Wildman–Crippen MR) is 113 cm³/mol. The molecule has 0 spiro atoms. The van der Waals surface area contributed by atoms with Gasteiger partial charge in [0.1, 0.15) is 0 Å². The van der Waals surface area contributed by atoms with E-state index in [0.717, 1.165) is 56.5 Å². The molecule has 1 fully saturated rings. The highest BCUT2D eigenvalue weighted by molar-refractivity contribution is 5.95. The standard InChI is InChI=1S/C21H26N6O/c28-20(17-3-7-19(8-4-17)27-13-11-22-12-14-27)25-15-16-1-5-18(6-2-16)26-21-23-9-10-24-21/h1-8,22H,9-15H2,(H,25,28)(H2,23,24,26). The second-order valence-electron chi connectivity index (χ2n) is 6.95. The van der Waals surface area contributed by atoms with Crippen LogP contribution in [0.4, 0.5) is 11.4 Å². The molecule has 0 aliphatic carbocycles. The zero-order chi connectivity index (χ0) is 19.2. The van der Waals surface area contributed by atoms with Gasteiger partial charge in [0.25, 0.3) is 5.91 Å². The maximum atomic E-state index is 12.4. The fourth-order valence-electron chi connectivity index (χ4n) is 3.36. The molecule has 0 radical (unpaired) electrons. The van der Waals surface area contributed by atoms with Crippen LogP contribution in [0.2, 0.25) is 0 Å². The smallest absolute Gasteiger partial charge is 0.251 e. The second-order valence-corrected chi connectivity index (χ2v) is 6.95. The lowest BCUT2D eigenvalue weighted by molar-refractivity contribution is 0.0951. The highest BCUT2D eigenvalue weighted by atomic mass is 16.1. The third-order valence-electron chi connectivity index (χ3n) is 4.96. The van der Waals surface area contributed by atoms with E-state index in [2.05, 4.69) is 31.2 Å². The molecule has 1 saturated heterocycles. The van der Waals surface area contributed by atoms with Crippen LogP contribution < -0.4 is 26.2 Å². The molecule has 28 heavy (non-hydrogen) atoms. The molecular weight excluding hydrogens is 352 g/mol.